The Kier molecular flexibility index (Phi) is 3.23. The van der Waals surface area contributed by atoms with E-state index in [1.807, 2.05) is 0 Å². The van der Waals surface area contributed by atoms with E-state index in [0.717, 1.165) is 0 Å². The maximum absolute atomic E-state index is 12.9. The molecule has 68 valence electrons. The Hall–Kier alpha value is -0.415. The second kappa shape index (κ2) is 4.00. The molecular weight excluding hydrogens is 162 g/mol. The van der Waals surface area contributed by atoms with Crippen LogP contribution in [-0.4, -0.2) is 29.6 Å². The predicted molar refractivity (Wildman–Crippen MR) is 42.2 cm³/mol. The third kappa shape index (κ3) is 2.05. The molecular formula is C7H12BFO3. The molecule has 0 spiro atoms. The summed E-state index contributed by atoms with van der Waals surface area (Å²) in [5, 5.41) is 17.6. The van der Waals surface area contributed by atoms with Crippen molar-refractivity contribution < 1.29 is 19.2 Å². The van der Waals surface area contributed by atoms with Crippen LogP contribution in [0.2, 0.25) is 5.82 Å². The van der Waals surface area contributed by atoms with Crippen molar-refractivity contribution in [3.8, 4) is 0 Å². The van der Waals surface area contributed by atoms with E-state index in [1.165, 1.54) is 0 Å². The van der Waals surface area contributed by atoms with E-state index in [4.69, 9.17) is 10.0 Å². The Morgan fingerprint density at radius 2 is 2.08 bits per heavy atom. The quantitative estimate of drug-likeness (QED) is 0.463. The predicted octanol–water partition coefficient (Wildman–Crippen LogP) is 0.166. The topological polar surface area (TPSA) is 57.5 Å². The van der Waals surface area contributed by atoms with Gasteiger partial charge in [-0.3, -0.25) is 0 Å². The van der Waals surface area contributed by atoms with Crippen molar-refractivity contribution in [3.63, 3.8) is 0 Å². The zero-order valence-electron chi connectivity index (χ0n) is 6.69. The molecule has 1 aliphatic carbocycles. The first-order chi connectivity index (χ1) is 5.65. The molecule has 1 saturated carbocycles. The first-order valence-corrected chi connectivity index (χ1v) is 4.10. The van der Waals surface area contributed by atoms with E-state index in [0.29, 0.717) is 12.7 Å². The molecule has 12 heavy (non-hydrogen) atoms. The first-order valence-electron chi connectivity index (χ1n) is 4.10. The summed E-state index contributed by atoms with van der Waals surface area (Å²) >= 11 is 0. The van der Waals surface area contributed by atoms with Crippen LogP contribution in [0.1, 0.15) is 19.3 Å². The SMILES string of the molecule is O=CC1CC(B(O)O)CCC1F. The van der Waals surface area contributed by atoms with Crippen LogP contribution in [0.15, 0.2) is 0 Å². The van der Waals surface area contributed by atoms with Crippen molar-refractivity contribution in [2.45, 2.75) is 31.3 Å². The maximum Gasteiger partial charge on any atom is 0.454 e. The molecule has 0 amide bonds. The number of hydrogen-bond acceptors (Lipinski definition) is 3. The van der Waals surface area contributed by atoms with Gasteiger partial charge in [-0.05, 0) is 25.1 Å². The Balaban J connectivity index is 2.49. The third-order valence-corrected chi connectivity index (χ3v) is 2.45. The Bertz CT molecular complexity index is 165. The summed E-state index contributed by atoms with van der Waals surface area (Å²) in [6.07, 6.45) is 0.425. The first kappa shape index (κ1) is 9.67. The summed E-state index contributed by atoms with van der Waals surface area (Å²) in [5.74, 6) is -0.988. The highest BCUT2D eigenvalue weighted by atomic mass is 19.1. The number of carbonyl (C=O) groups excluding carboxylic acids is 1. The van der Waals surface area contributed by atoms with Crippen LogP contribution in [0.4, 0.5) is 4.39 Å². The van der Waals surface area contributed by atoms with Gasteiger partial charge in [0.05, 0.1) is 0 Å². The number of carbonyl (C=O) groups is 1. The molecule has 1 aliphatic rings. The highest BCUT2D eigenvalue weighted by Gasteiger charge is 2.35. The minimum atomic E-state index is -1.42. The molecule has 1 rings (SSSR count). The lowest BCUT2D eigenvalue weighted by atomic mass is 9.62. The normalized spacial score (nSPS) is 36.1. The summed E-state index contributed by atoms with van der Waals surface area (Å²) < 4.78 is 12.9. The fourth-order valence-corrected chi connectivity index (χ4v) is 1.61. The summed E-state index contributed by atoms with van der Waals surface area (Å²) in [5.41, 5.74) is 0. The molecule has 2 N–H and O–H groups in total. The molecule has 0 aromatic carbocycles. The van der Waals surface area contributed by atoms with Crippen molar-refractivity contribution in [2.24, 2.45) is 5.92 Å². The van der Waals surface area contributed by atoms with Gasteiger partial charge in [-0.1, -0.05) is 0 Å². The number of aldehydes is 1. The van der Waals surface area contributed by atoms with Crippen molar-refractivity contribution in [3.05, 3.63) is 0 Å². The van der Waals surface area contributed by atoms with Crippen LogP contribution in [0.5, 0.6) is 0 Å². The van der Waals surface area contributed by atoms with E-state index in [1.54, 1.807) is 0 Å². The molecule has 1 fully saturated rings. The lowest BCUT2D eigenvalue weighted by Crippen LogP contribution is -2.32. The standard InChI is InChI=1S/C7H12BFO3/c9-7-2-1-6(8(11)12)3-5(7)4-10/h4-7,11-12H,1-3H2. The zero-order valence-corrected chi connectivity index (χ0v) is 6.69. The molecule has 0 bridgehead atoms. The summed E-state index contributed by atoms with van der Waals surface area (Å²) in [4.78, 5) is 10.3. The summed E-state index contributed by atoms with van der Waals surface area (Å²) in [6.45, 7) is 0. The number of alkyl halides is 1. The van der Waals surface area contributed by atoms with Gasteiger partial charge in [0.25, 0.3) is 0 Å². The van der Waals surface area contributed by atoms with Gasteiger partial charge in [0.2, 0.25) is 0 Å². The van der Waals surface area contributed by atoms with Crippen molar-refractivity contribution in [1.82, 2.24) is 0 Å². The molecule has 0 aromatic heterocycles. The van der Waals surface area contributed by atoms with Gasteiger partial charge >= 0.3 is 7.12 Å². The molecule has 0 aromatic rings. The average Bonchev–Trinajstić information content (AvgIpc) is 2.05. The molecule has 0 heterocycles. The fourth-order valence-electron chi connectivity index (χ4n) is 1.61. The zero-order chi connectivity index (χ0) is 9.14. The number of hydrogen-bond donors (Lipinski definition) is 2. The van der Waals surface area contributed by atoms with Crippen LogP contribution >= 0.6 is 0 Å². The highest BCUT2D eigenvalue weighted by molar-refractivity contribution is 6.43. The third-order valence-electron chi connectivity index (χ3n) is 2.45. The van der Waals surface area contributed by atoms with Crippen molar-refractivity contribution >= 4 is 13.4 Å². The Labute approximate surface area is 70.7 Å². The number of rotatable bonds is 2. The van der Waals surface area contributed by atoms with Crippen molar-refractivity contribution in [1.29, 1.82) is 0 Å². The lowest BCUT2D eigenvalue weighted by molar-refractivity contribution is -0.113. The van der Waals surface area contributed by atoms with Crippen molar-refractivity contribution in [2.75, 3.05) is 0 Å². The fraction of sp³-hybridized carbons (Fsp3) is 0.857. The van der Waals surface area contributed by atoms with Gasteiger partial charge in [-0.25, -0.2) is 4.39 Å². The molecule has 0 saturated heterocycles. The average molecular weight is 174 g/mol. The van der Waals surface area contributed by atoms with Crippen LogP contribution in [0.3, 0.4) is 0 Å². The van der Waals surface area contributed by atoms with Crippen LogP contribution in [-0.2, 0) is 4.79 Å². The Morgan fingerprint density at radius 1 is 1.42 bits per heavy atom. The smallest absolute Gasteiger partial charge is 0.427 e. The minimum Gasteiger partial charge on any atom is -0.427 e. The minimum absolute atomic E-state index is 0.252. The van der Waals surface area contributed by atoms with E-state index in [-0.39, 0.29) is 18.7 Å². The van der Waals surface area contributed by atoms with E-state index in [2.05, 4.69) is 0 Å². The van der Waals surface area contributed by atoms with Crippen LogP contribution in [0, 0.1) is 5.92 Å². The maximum atomic E-state index is 12.9. The summed E-state index contributed by atoms with van der Waals surface area (Å²) in [6, 6.07) is 0. The monoisotopic (exact) mass is 174 g/mol. The molecule has 3 atom stereocenters. The molecule has 3 unspecified atom stereocenters. The van der Waals surface area contributed by atoms with Gasteiger partial charge in [-0.2, -0.15) is 0 Å². The van der Waals surface area contributed by atoms with Gasteiger partial charge < -0.3 is 14.8 Å². The second-order valence-electron chi connectivity index (χ2n) is 3.30. The lowest BCUT2D eigenvalue weighted by Gasteiger charge is -2.27. The largest absolute Gasteiger partial charge is 0.454 e. The van der Waals surface area contributed by atoms with E-state index < -0.39 is 19.2 Å². The number of halogens is 1. The molecule has 0 radical (unpaired) electrons. The molecule has 3 nitrogen and oxygen atoms in total. The van der Waals surface area contributed by atoms with Crippen LogP contribution < -0.4 is 0 Å². The van der Waals surface area contributed by atoms with Crippen LogP contribution in [0.25, 0.3) is 0 Å². The van der Waals surface area contributed by atoms with Gasteiger partial charge in [-0.15, -0.1) is 0 Å². The molecule has 5 heteroatoms. The second-order valence-corrected chi connectivity index (χ2v) is 3.30. The van der Waals surface area contributed by atoms with E-state index >= 15 is 0 Å². The summed E-state index contributed by atoms with van der Waals surface area (Å²) in [7, 11) is -1.42. The van der Waals surface area contributed by atoms with Gasteiger partial charge in [0.1, 0.15) is 12.5 Å². The highest BCUT2D eigenvalue weighted by Crippen LogP contribution is 2.34. The molecule has 0 aliphatic heterocycles. The van der Waals surface area contributed by atoms with Gasteiger partial charge in [0, 0.05) is 5.92 Å². The van der Waals surface area contributed by atoms with E-state index in [9.17, 15) is 9.18 Å². The van der Waals surface area contributed by atoms with Gasteiger partial charge in [0.15, 0.2) is 0 Å². The Morgan fingerprint density at radius 3 is 2.58 bits per heavy atom.